The van der Waals surface area contributed by atoms with Gasteiger partial charge in [-0.2, -0.15) is 0 Å². The summed E-state index contributed by atoms with van der Waals surface area (Å²) in [5.74, 6) is 0.639. The highest BCUT2D eigenvalue weighted by atomic mass is 35.5. The van der Waals surface area contributed by atoms with Crippen LogP contribution in [0.15, 0.2) is 24.3 Å². The first kappa shape index (κ1) is 20.4. The minimum atomic E-state index is -0.0958. The number of halogens is 1. The smallest absolute Gasteiger partial charge is 0.220 e. The monoisotopic (exact) mass is 328 g/mol. The predicted octanol–water partition coefficient (Wildman–Crippen LogP) is 2.20. The van der Waals surface area contributed by atoms with Crippen molar-refractivity contribution in [2.24, 2.45) is 0 Å². The molecule has 0 radical (unpaired) electrons. The summed E-state index contributed by atoms with van der Waals surface area (Å²) in [6.45, 7) is 4.01. The molecule has 0 saturated carbocycles. The Kier molecular flexibility index (Phi) is 11.1. The SMILES string of the molecule is CCCOc1ccc(C(=O)CCC(=O)NCCNC)cc1.Cl. The molecular weight excluding hydrogens is 304 g/mol. The number of Topliss-reactive ketones (excluding diaryl/α,β-unsaturated/α-hetero) is 1. The van der Waals surface area contributed by atoms with Gasteiger partial charge in [0.05, 0.1) is 6.61 Å². The molecule has 1 rings (SSSR count). The maximum atomic E-state index is 12.0. The van der Waals surface area contributed by atoms with Crippen molar-refractivity contribution in [1.29, 1.82) is 0 Å². The number of ether oxygens (including phenoxy) is 1. The van der Waals surface area contributed by atoms with Crippen LogP contribution in [-0.4, -0.2) is 38.4 Å². The average molecular weight is 329 g/mol. The maximum Gasteiger partial charge on any atom is 0.220 e. The highest BCUT2D eigenvalue weighted by molar-refractivity contribution is 5.98. The lowest BCUT2D eigenvalue weighted by atomic mass is 10.1. The topological polar surface area (TPSA) is 67.4 Å². The molecule has 0 aliphatic heterocycles. The Bertz CT molecular complexity index is 449. The molecular formula is C16H25ClN2O3. The molecule has 0 bridgehead atoms. The van der Waals surface area contributed by atoms with Gasteiger partial charge in [0, 0.05) is 31.5 Å². The van der Waals surface area contributed by atoms with Gasteiger partial charge >= 0.3 is 0 Å². The summed E-state index contributed by atoms with van der Waals surface area (Å²) in [4.78, 5) is 23.5. The van der Waals surface area contributed by atoms with Gasteiger partial charge in [-0.05, 0) is 37.7 Å². The largest absolute Gasteiger partial charge is 0.494 e. The van der Waals surface area contributed by atoms with E-state index < -0.39 is 0 Å². The Balaban J connectivity index is 0.00000441. The third-order valence-electron chi connectivity index (χ3n) is 2.93. The van der Waals surface area contributed by atoms with Crippen LogP contribution in [0.2, 0.25) is 0 Å². The van der Waals surface area contributed by atoms with Gasteiger partial charge in [0.1, 0.15) is 5.75 Å². The van der Waals surface area contributed by atoms with E-state index >= 15 is 0 Å². The van der Waals surface area contributed by atoms with Gasteiger partial charge in [-0.15, -0.1) is 12.4 Å². The lowest BCUT2D eigenvalue weighted by Crippen LogP contribution is -2.30. The number of ketones is 1. The van der Waals surface area contributed by atoms with Gasteiger partial charge in [0.25, 0.3) is 0 Å². The number of hydrogen-bond acceptors (Lipinski definition) is 4. The first-order valence-electron chi connectivity index (χ1n) is 7.34. The fourth-order valence-corrected chi connectivity index (χ4v) is 1.74. The summed E-state index contributed by atoms with van der Waals surface area (Å²) in [6.07, 6.45) is 1.39. The molecule has 1 aromatic carbocycles. The normalized spacial score (nSPS) is 9.73. The second-order valence-corrected chi connectivity index (χ2v) is 4.75. The van der Waals surface area contributed by atoms with Crippen molar-refractivity contribution in [3.63, 3.8) is 0 Å². The predicted molar refractivity (Wildman–Crippen MR) is 90.0 cm³/mol. The number of carbonyl (C=O) groups is 2. The molecule has 6 heteroatoms. The number of rotatable bonds is 10. The molecule has 0 saturated heterocycles. The molecule has 2 N–H and O–H groups in total. The van der Waals surface area contributed by atoms with Crippen LogP contribution >= 0.6 is 12.4 Å². The Morgan fingerprint density at radius 2 is 1.77 bits per heavy atom. The first-order valence-corrected chi connectivity index (χ1v) is 7.34. The van der Waals surface area contributed by atoms with E-state index in [4.69, 9.17) is 4.74 Å². The summed E-state index contributed by atoms with van der Waals surface area (Å²) in [5, 5.41) is 5.69. The lowest BCUT2D eigenvalue weighted by molar-refractivity contribution is -0.121. The fraction of sp³-hybridized carbons (Fsp3) is 0.500. The van der Waals surface area contributed by atoms with Crippen LogP contribution in [0.4, 0.5) is 0 Å². The van der Waals surface area contributed by atoms with E-state index in [1.54, 1.807) is 24.3 Å². The molecule has 5 nitrogen and oxygen atoms in total. The third-order valence-corrected chi connectivity index (χ3v) is 2.93. The van der Waals surface area contributed by atoms with Crippen molar-refractivity contribution < 1.29 is 14.3 Å². The molecule has 22 heavy (non-hydrogen) atoms. The van der Waals surface area contributed by atoms with Crippen LogP contribution in [0, 0.1) is 0 Å². The van der Waals surface area contributed by atoms with Crippen LogP contribution in [-0.2, 0) is 4.79 Å². The summed E-state index contributed by atoms with van der Waals surface area (Å²) < 4.78 is 5.46. The standard InChI is InChI=1S/C16H24N2O3.ClH/c1-3-12-21-14-6-4-13(5-7-14)15(19)8-9-16(20)18-11-10-17-2;/h4-7,17H,3,8-12H2,1-2H3,(H,18,20);1H. The van der Waals surface area contributed by atoms with Crippen molar-refractivity contribution in [3.05, 3.63) is 29.8 Å². The van der Waals surface area contributed by atoms with Crippen LogP contribution in [0.5, 0.6) is 5.75 Å². The first-order chi connectivity index (χ1) is 10.2. The minimum absolute atomic E-state index is 0. The molecule has 0 heterocycles. The van der Waals surface area contributed by atoms with Crippen molar-refractivity contribution >= 4 is 24.1 Å². The molecule has 0 atom stereocenters. The van der Waals surface area contributed by atoms with Gasteiger partial charge in [0.2, 0.25) is 5.91 Å². The van der Waals surface area contributed by atoms with E-state index in [0.29, 0.717) is 18.7 Å². The molecule has 0 unspecified atom stereocenters. The zero-order valence-electron chi connectivity index (χ0n) is 13.2. The van der Waals surface area contributed by atoms with E-state index in [1.807, 2.05) is 14.0 Å². The van der Waals surface area contributed by atoms with Gasteiger partial charge in [-0.25, -0.2) is 0 Å². The summed E-state index contributed by atoms with van der Waals surface area (Å²) in [5.41, 5.74) is 0.613. The number of hydrogen-bond donors (Lipinski definition) is 2. The number of nitrogens with one attached hydrogen (secondary N) is 2. The van der Waals surface area contributed by atoms with Crippen LogP contribution in [0.25, 0.3) is 0 Å². The zero-order valence-corrected chi connectivity index (χ0v) is 14.0. The maximum absolute atomic E-state index is 12.0. The van der Waals surface area contributed by atoms with Crippen molar-refractivity contribution in [1.82, 2.24) is 10.6 Å². The Hall–Kier alpha value is -1.59. The third kappa shape index (κ3) is 8.00. The highest BCUT2D eigenvalue weighted by Gasteiger charge is 2.09. The van der Waals surface area contributed by atoms with E-state index in [2.05, 4.69) is 10.6 Å². The highest BCUT2D eigenvalue weighted by Crippen LogP contribution is 2.14. The zero-order chi connectivity index (χ0) is 15.5. The molecule has 1 aromatic rings. The molecule has 0 aromatic heterocycles. The van der Waals surface area contributed by atoms with Crippen molar-refractivity contribution in [3.8, 4) is 5.75 Å². The number of benzene rings is 1. The second kappa shape index (κ2) is 12.0. The number of amides is 1. The quantitative estimate of drug-likeness (QED) is 0.510. The Morgan fingerprint density at radius 1 is 1.09 bits per heavy atom. The molecule has 124 valence electrons. The van der Waals surface area contributed by atoms with Crippen LogP contribution < -0.4 is 15.4 Å². The number of likely N-dealkylation sites (N-methyl/N-ethyl adjacent to an activating group) is 1. The Labute approximate surface area is 138 Å². The van der Waals surface area contributed by atoms with Gasteiger partial charge in [-0.3, -0.25) is 9.59 Å². The molecule has 1 amide bonds. The fourth-order valence-electron chi connectivity index (χ4n) is 1.74. The molecule has 0 fully saturated rings. The summed E-state index contributed by atoms with van der Waals surface area (Å²) in [7, 11) is 1.82. The Morgan fingerprint density at radius 3 is 2.36 bits per heavy atom. The van der Waals surface area contributed by atoms with Gasteiger partial charge in [0.15, 0.2) is 5.78 Å². The van der Waals surface area contributed by atoms with E-state index in [-0.39, 0.29) is 36.9 Å². The molecule has 0 aliphatic carbocycles. The van der Waals surface area contributed by atoms with Crippen molar-refractivity contribution in [2.75, 3.05) is 26.7 Å². The molecule has 0 spiro atoms. The van der Waals surface area contributed by atoms with Crippen LogP contribution in [0.3, 0.4) is 0 Å². The van der Waals surface area contributed by atoms with Crippen LogP contribution in [0.1, 0.15) is 36.5 Å². The van der Waals surface area contributed by atoms with Crippen molar-refractivity contribution in [2.45, 2.75) is 26.2 Å². The summed E-state index contributed by atoms with van der Waals surface area (Å²) >= 11 is 0. The summed E-state index contributed by atoms with van der Waals surface area (Å²) in [6, 6.07) is 7.06. The number of carbonyl (C=O) groups excluding carboxylic acids is 2. The molecule has 0 aliphatic rings. The minimum Gasteiger partial charge on any atom is -0.494 e. The van der Waals surface area contributed by atoms with E-state index in [1.165, 1.54) is 0 Å². The van der Waals surface area contributed by atoms with E-state index in [9.17, 15) is 9.59 Å². The van der Waals surface area contributed by atoms with Gasteiger partial charge in [-0.1, -0.05) is 6.92 Å². The van der Waals surface area contributed by atoms with E-state index in [0.717, 1.165) is 18.7 Å². The lowest BCUT2D eigenvalue weighted by Gasteiger charge is -2.06. The second-order valence-electron chi connectivity index (χ2n) is 4.75. The average Bonchev–Trinajstić information content (AvgIpc) is 2.51. The van der Waals surface area contributed by atoms with Gasteiger partial charge < -0.3 is 15.4 Å².